The molecule has 1 amide bonds. The molecule has 0 aliphatic carbocycles. The van der Waals surface area contributed by atoms with Crippen molar-refractivity contribution in [1.82, 2.24) is 5.32 Å². The van der Waals surface area contributed by atoms with E-state index in [9.17, 15) is 19.8 Å². The van der Waals surface area contributed by atoms with Crippen LogP contribution in [0.15, 0.2) is 36.5 Å². The first-order valence-corrected chi connectivity index (χ1v) is 38.3. The molecule has 6 nitrogen and oxygen atoms in total. The predicted molar refractivity (Wildman–Crippen MR) is 370 cm³/mol. The quantitative estimate of drug-likeness (QED) is 0.0320. The molecule has 3 N–H and O–H groups in total. The van der Waals surface area contributed by atoms with Crippen LogP contribution in [0.5, 0.6) is 0 Å². The number of aliphatic hydroxyl groups excluding tert-OH is 2. The number of nitrogens with one attached hydrogen (secondary N) is 1. The minimum atomic E-state index is -0.840. The van der Waals surface area contributed by atoms with E-state index in [1.807, 2.05) is 6.08 Å². The number of ether oxygens (including phenoxy) is 1. The third kappa shape index (κ3) is 69.2. The summed E-state index contributed by atoms with van der Waals surface area (Å²) in [5.41, 5.74) is 0. The summed E-state index contributed by atoms with van der Waals surface area (Å²) in [6, 6.07) is -0.623. The molecule has 496 valence electrons. The van der Waals surface area contributed by atoms with Crippen LogP contribution in [0.1, 0.15) is 425 Å². The number of carbonyl (C=O) groups excluding carboxylic acids is 2. The van der Waals surface area contributed by atoms with E-state index in [2.05, 4.69) is 43.5 Å². The molecule has 0 saturated heterocycles. The van der Waals surface area contributed by atoms with E-state index in [-0.39, 0.29) is 18.5 Å². The molecule has 0 aliphatic rings. The predicted octanol–water partition coefficient (Wildman–Crippen LogP) is 25.0. The molecule has 2 unspecified atom stereocenters. The molecule has 2 atom stereocenters. The second-order valence-corrected chi connectivity index (χ2v) is 26.3. The molecule has 0 spiro atoms. The van der Waals surface area contributed by atoms with Crippen LogP contribution in [0.2, 0.25) is 0 Å². The summed E-state index contributed by atoms with van der Waals surface area (Å²) in [4.78, 5) is 24.6. The van der Waals surface area contributed by atoms with Crippen LogP contribution in [0.4, 0.5) is 0 Å². The second-order valence-electron chi connectivity index (χ2n) is 26.3. The zero-order chi connectivity index (χ0) is 60.6. The van der Waals surface area contributed by atoms with Crippen molar-refractivity contribution >= 4 is 11.9 Å². The van der Waals surface area contributed by atoms with Gasteiger partial charge in [0.25, 0.3) is 0 Å². The number of aliphatic hydroxyl groups is 2. The van der Waals surface area contributed by atoms with Crippen LogP contribution in [-0.4, -0.2) is 47.4 Å². The van der Waals surface area contributed by atoms with E-state index >= 15 is 0 Å². The highest BCUT2D eigenvalue weighted by Gasteiger charge is 2.18. The molecule has 0 aromatic rings. The van der Waals surface area contributed by atoms with Gasteiger partial charge in [0.1, 0.15) is 0 Å². The standard InChI is InChI=1S/C78H149NO5/c1-3-5-7-9-11-13-15-17-19-43-46-50-54-58-62-66-70-76(81)75(74-80)79-77(82)71-67-63-59-55-51-47-44-41-39-37-35-33-31-29-27-25-23-21-20-22-24-26-28-30-32-34-36-38-40-42-45-49-53-57-61-65-69-73-84-78(83)72-68-64-60-56-52-48-18-16-14-12-10-8-6-4-2/h10,12,16,18,66,70,75-76,80-81H,3-9,11,13-15,17,19-65,67-69,71-74H2,1-2H3,(H,79,82)/b12-10-,18-16-,70-66+. The van der Waals surface area contributed by atoms with E-state index in [1.54, 1.807) is 6.08 Å². The van der Waals surface area contributed by atoms with Gasteiger partial charge < -0.3 is 20.3 Å². The largest absolute Gasteiger partial charge is 0.466 e. The lowest BCUT2D eigenvalue weighted by atomic mass is 10.0. The zero-order valence-corrected chi connectivity index (χ0v) is 56.9. The molecule has 0 aromatic carbocycles. The lowest BCUT2D eigenvalue weighted by Gasteiger charge is -2.20. The second kappa shape index (κ2) is 73.5. The van der Waals surface area contributed by atoms with Gasteiger partial charge in [0.05, 0.1) is 25.4 Å². The van der Waals surface area contributed by atoms with E-state index < -0.39 is 12.1 Å². The first kappa shape index (κ1) is 82.1. The van der Waals surface area contributed by atoms with Crippen molar-refractivity contribution < 1.29 is 24.5 Å². The highest BCUT2D eigenvalue weighted by atomic mass is 16.5. The molecule has 0 radical (unpaired) electrons. The fourth-order valence-corrected chi connectivity index (χ4v) is 12.1. The van der Waals surface area contributed by atoms with Crippen LogP contribution in [0.25, 0.3) is 0 Å². The van der Waals surface area contributed by atoms with E-state index in [0.717, 1.165) is 51.4 Å². The molecule has 0 heterocycles. The smallest absolute Gasteiger partial charge is 0.305 e. The maximum Gasteiger partial charge on any atom is 0.305 e. The number of rotatable bonds is 72. The Balaban J connectivity index is 3.31. The Morgan fingerprint density at radius 2 is 0.607 bits per heavy atom. The Hall–Kier alpha value is -1.92. The molecule has 0 saturated carbocycles. The highest BCUT2D eigenvalue weighted by molar-refractivity contribution is 5.76. The average molecular weight is 1180 g/mol. The van der Waals surface area contributed by atoms with E-state index in [0.29, 0.717) is 19.4 Å². The average Bonchev–Trinajstić information content (AvgIpc) is 3.51. The lowest BCUT2D eigenvalue weighted by Crippen LogP contribution is -2.45. The molecule has 6 heteroatoms. The number of allylic oxidation sites excluding steroid dienone is 5. The number of hydrogen-bond acceptors (Lipinski definition) is 5. The van der Waals surface area contributed by atoms with Gasteiger partial charge in [-0.05, 0) is 57.8 Å². The number of amides is 1. The van der Waals surface area contributed by atoms with Crippen molar-refractivity contribution in [2.75, 3.05) is 13.2 Å². The van der Waals surface area contributed by atoms with E-state index in [1.165, 1.54) is 347 Å². The van der Waals surface area contributed by atoms with Crippen LogP contribution in [0, 0.1) is 0 Å². The highest BCUT2D eigenvalue weighted by Crippen LogP contribution is 2.20. The fraction of sp³-hybridized carbons (Fsp3) is 0.897. The maximum absolute atomic E-state index is 12.5. The maximum atomic E-state index is 12.5. The number of hydrogen-bond donors (Lipinski definition) is 3. The van der Waals surface area contributed by atoms with E-state index in [4.69, 9.17) is 4.74 Å². The summed E-state index contributed by atoms with van der Waals surface area (Å²) >= 11 is 0. The minimum Gasteiger partial charge on any atom is -0.466 e. The summed E-state index contributed by atoms with van der Waals surface area (Å²) in [6.07, 6.45) is 95.5. The normalized spacial score (nSPS) is 12.7. The number of carbonyl (C=O) groups is 2. The zero-order valence-electron chi connectivity index (χ0n) is 56.9. The van der Waals surface area contributed by atoms with Crippen molar-refractivity contribution in [2.45, 2.75) is 437 Å². The first-order chi connectivity index (χ1) is 41.5. The number of esters is 1. The Bertz CT molecular complexity index is 1360. The molecule has 0 bridgehead atoms. The first-order valence-electron chi connectivity index (χ1n) is 38.3. The van der Waals surface area contributed by atoms with Gasteiger partial charge in [0, 0.05) is 12.8 Å². The van der Waals surface area contributed by atoms with Gasteiger partial charge in [-0.2, -0.15) is 0 Å². The monoisotopic (exact) mass is 1180 g/mol. The molecule has 0 aromatic heterocycles. The summed E-state index contributed by atoms with van der Waals surface area (Å²) in [6.45, 7) is 4.89. The van der Waals surface area contributed by atoms with Crippen LogP contribution < -0.4 is 5.32 Å². The molecular formula is C78H149NO5. The molecule has 0 fully saturated rings. The fourth-order valence-electron chi connectivity index (χ4n) is 12.1. The Kier molecular flexibility index (Phi) is 71.9. The van der Waals surface area contributed by atoms with Gasteiger partial charge in [0.15, 0.2) is 0 Å². The van der Waals surface area contributed by atoms with Crippen molar-refractivity contribution in [3.05, 3.63) is 36.5 Å². The summed E-state index contributed by atoms with van der Waals surface area (Å²) in [5, 5.41) is 23.2. The van der Waals surface area contributed by atoms with Crippen LogP contribution >= 0.6 is 0 Å². The number of unbranched alkanes of at least 4 members (excludes halogenated alkanes) is 57. The molecular weight excluding hydrogens is 1030 g/mol. The summed E-state index contributed by atoms with van der Waals surface area (Å²) < 4.78 is 5.49. The van der Waals surface area contributed by atoms with Gasteiger partial charge in [-0.1, -0.05) is 391 Å². The van der Waals surface area contributed by atoms with Gasteiger partial charge >= 0.3 is 5.97 Å². The van der Waals surface area contributed by atoms with Gasteiger partial charge in [-0.3, -0.25) is 9.59 Å². The van der Waals surface area contributed by atoms with Crippen molar-refractivity contribution in [3.8, 4) is 0 Å². The summed E-state index contributed by atoms with van der Waals surface area (Å²) in [7, 11) is 0. The van der Waals surface area contributed by atoms with Crippen molar-refractivity contribution in [2.24, 2.45) is 0 Å². The third-order valence-electron chi connectivity index (χ3n) is 17.9. The summed E-state index contributed by atoms with van der Waals surface area (Å²) in [5.74, 6) is -0.0504. The van der Waals surface area contributed by atoms with Gasteiger partial charge in [0.2, 0.25) is 5.91 Å². The van der Waals surface area contributed by atoms with Crippen LogP contribution in [-0.2, 0) is 14.3 Å². The lowest BCUT2D eigenvalue weighted by molar-refractivity contribution is -0.143. The van der Waals surface area contributed by atoms with Crippen LogP contribution in [0.3, 0.4) is 0 Å². The SMILES string of the molecule is CCCC/C=C\C/C=C\CCCCCCCC(=O)OCCCCCCCCCCCCCCCCCCCCCCCCCCCCCCCCCCCCCCCC(=O)NC(CO)C(O)/C=C/CCCCCCCCCCCCCCCC. The van der Waals surface area contributed by atoms with Gasteiger partial charge in [-0.25, -0.2) is 0 Å². The topological polar surface area (TPSA) is 95.9 Å². The van der Waals surface area contributed by atoms with Crippen molar-refractivity contribution in [3.63, 3.8) is 0 Å². The third-order valence-corrected chi connectivity index (χ3v) is 17.9. The Morgan fingerprint density at radius 3 is 0.940 bits per heavy atom. The molecule has 0 aliphatic heterocycles. The Morgan fingerprint density at radius 1 is 0.333 bits per heavy atom. The van der Waals surface area contributed by atoms with Crippen molar-refractivity contribution in [1.29, 1.82) is 0 Å². The van der Waals surface area contributed by atoms with Gasteiger partial charge in [-0.15, -0.1) is 0 Å². The molecule has 84 heavy (non-hydrogen) atoms. The Labute approximate surface area is 525 Å². The molecule has 0 rings (SSSR count). The minimum absolute atomic E-state index is 0.00888.